The van der Waals surface area contributed by atoms with Gasteiger partial charge in [-0.25, -0.2) is 4.79 Å². The molecular weight excluding hydrogens is 560 g/mol. The first-order valence-corrected chi connectivity index (χ1v) is 15.6. The molecule has 3 aliphatic rings. The Labute approximate surface area is 260 Å². The van der Waals surface area contributed by atoms with Crippen LogP contribution in [0.3, 0.4) is 0 Å². The second-order valence-corrected chi connectivity index (χ2v) is 14.5. The third kappa shape index (κ3) is 7.16. The first kappa shape index (κ1) is 33.2. The summed E-state index contributed by atoms with van der Waals surface area (Å²) in [5.41, 5.74) is 1.33. The zero-order chi connectivity index (χ0) is 32.6. The van der Waals surface area contributed by atoms with E-state index in [2.05, 4.69) is 36.4 Å². The molecule has 1 heterocycles. The number of ether oxygens (including phenoxy) is 1. The van der Waals surface area contributed by atoms with Gasteiger partial charge >= 0.3 is 6.09 Å². The van der Waals surface area contributed by atoms with Gasteiger partial charge in [-0.05, 0) is 80.2 Å². The van der Waals surface area contributed by atoms with E-state index in [0.29, 0.717) is 19.4 Å². The van der Waals surface area contributed by atoms with E-state index in [1.165, 1.54) is 6.08 Å². The lowest BCUT2D eigenvalue weighted by molar-refractivity contribution is -0.144. The summed E-state index contributed by atoms with van der Waals surface area (Å²) in [6.07, 6.45) is 2.27. The van der Waals surface area contributed by atoms with Crippen molar-refractivity contribution >= 4 is 29.6 Å². The molecule has 5 atom stereocenters. The summed E-state index contributed by atoms with van der Waals surface area (Å²) in [5.74, 6) is -2.53. The number of alkyl carbamates (subject to hydrolysis) is 1. The Bertz CT molecular complexity index is 1290. The standard InChI is InChI=1S/C34H48N4O6/c1-9-14-35-30(41)28(39)24(15-19(2)3)36-29(40)27-25-23(34(25,7)8)18-38(27)31(42)26(37-32(43)44-33(4,5)6)22-16-20-12-10-11-13-21(20)17-22/h9-13,19,22-27H,1,14-18H2,2-8H3,(H,35,41)(H,36,40)(H,37,43)/t23-,24?,25-,26+,27+/m1/s1. The molecule has 1 saturated heterocycles. The van der Waals surface area contributed by atoms with Gasteiger partial charge in [0.25, 0.3) is 5.91 Å². The molecule has 10 nitrogen and oxygen atoms in total. The van der Waals surface area contributed by atoms with Crippen molar-refractivity contribution in [2.24, 2.45) is 29.1 Å². The average Bonchev–Trinajstić information content (AvgIpc) is 3.29. The molecule has 0 aromatic heterocycles. The number of Topliss-reactive ketones (excluding diaryl/α,β-unsaturated/α-hetero) is 1. The molecule has 44 heavy (non-hydrogen) atoms. The van der Waals surface area contributed by atoms with Gasteiger partial charge in [-0.15, -0.1) is 6.58 Å². The van der Waals surface area contributed by atoms with Crippen LogP contribution < -0.4 is 16.0 Å². The highest BCUT2D eigenvalue weighted by atomic mass is 16.6. The summed E-state index contributed by atoms with van der Waals surface area (Å²) in [4.78, 5) is 68.7. The van der Waals surface area contributed by atoms with Gasteiger partial charge in [-0.3, -0.25) is 19.2 Å². The first-order chi connectivity index (χ1) is 20.5. The van der Waals surface area contributed by atoms with Gasteiger partial charge in [0.05, 0.1) is 6.04 Å². The molecule has 0 spiro atoms. The maximum Gasteiger partial charge on any atom is 0.408 e. The highest BCUT2D eigenvalue weighted by Crippen LogP contribution is 2.65. The van der Waals surface area contributed by atoms with E-state index in [9.17, 15) is 24.0 Å². The van der Waals surface area contributed by atoms with E-state index in [0.717, 1.165) is 11.1 Å². The highest BCUT2D eigenvalue weighted by molar-refractivity contribution is 6.38. The minimum atomic E-state index is -1.04. The SMILES string of the molecule is C=CCNC(=O)C(=O)C(CC(C)C)NC(=O)[C@@H]1[C@H]2[C@@H](CN1C(=O)[C@@H](NC(=O)OC(C)(C)C)C1Cc3ccccc3C1)C2(C)C. The molecule has 0 bridgehead atoms. The van der Waals surface area contributed by atoms with Crippen molar-refractivity contribution in [3.8, 4) is 0 Å². The van der Waals surface area contributed by atoms with Gasteiger partial charge in [-0.1, -0.05) is 58.0 Å². The van der Waals surface area contributed by atoms with E-state index in [-0.39, 0.29) is 48.0 Å². The molecule has 2 fully saturated rings. The van der Waals surface area contributed by atoms with Crippen molar-refractivity contribution in [1.29, 1.82) is 0 Å². The van der Waals surface area contributed by atoms with Gasteiger partial charge in [0, 0.05) is 13.1 Å². The smallest absolute Gasteiger partial charge is 0.408 e. The van der Waals surface area contributed by atoms with E-state index in [1.54, 1.807) is 25.7 Å². The van der Waals surface area contributed by atoms with E-state index >= 15 is 0 Å². The Morgan fingerprint density at radius 1 is 1.07 bits per heavy atom. The number of nitrogens with one attached hydrogen (secondary N) is 3. The zero-order valence-electron chi connectivity index (χ0n) is 27.1. The van der Waals surface area contributed by atoms with Crippen LogP contribution in [0.2, 0.25) is 0 Å². The van der Waals surface area contributed by atoms with E-state index < -0.39 is 47.4 Å². The van der Waals surface area contributed by atoms with Gasteiger partial charge in [0.15, 0.2) is 0 Å². The lowest BCUT2D eigenvalue weighted by atomic mass is 9.93. The number of rotatable bonds is 11. The fourth-order valence-electron chi connectivity index (χ4n) is 7.01. The number of benzene rings is 1. The number of carbonyl (C=O) groups is 5. The first-order valence-electron chi connectivity index (χ1n) is 15.6. The summed E-state index contributed by atoms with van der Waals surface area (Å²) in [7, 11) is 0. The van der Waals surface area contributed by atoms with Crippen molar-refractivity contribution in [2.45, 2.75) is 91.5 Å². The molecule has 1 aromatic carbocycles. The molecule has 10 heteroatoms. The maximum atomic E-state index is 14.4. The predicted octanol–water partition coefficient (Wildman–Crippen LogP) is 3.18. The highest BCUT2D eigenvalue weighted by Gasteiger charge is 2.69. The Morgan fingerprint density at radius 2 is 1.68 bits per heavy atom. The van der Waals surface area contributed by atoms with Gasteiger partial charge in [0.1, 0.15) is 17.7 Å². The number of fused-ring (bicyclic) bond motifs is 2. The molecule has 4 amide bonds. The summed E-state index contributed by atoms with van der Waals surface area (Å²) in [5, 5.41) is 8.20. The quantitative estimate of drug-likeness (QED) is 0.261. The molecular formula is C34H48N4O6. The number of nitrogens with zero attached hydrogens (tertiary/aromatic N) is 1. The fourth-order valence-corrected chi connectivity index (χ4v) is 7.01. The van der Waals surface area contributed by atoms with Crippen LogP contribution in [0.5, 0.6) is 0 Å². The molecule has 0 radical (unpaired) electrons. The Balaban J connectivity index is 1.60. The van der Waals surface area contributed by atoms with Crippen LogP contribution in [-0.2, 0) is 36.8 Å². The zero-order valence-corrected chi connectivity index (χ0v) is 27.1. The van der Waals surface area contributed by atoms with Crippen LogP contribution >= 0.6 is 0 Å². The Hall–Kier alpha value is -3.69. The summed E-state index contributed by atoms with van der Waals surface area (Å²) >= 11 is 0. The molecule has 240 valence electrons. The summed E-state index contributed by atoms with van der Waals surface area (Å²) < 4.78 is 5.54. The van der Waals surface area contributed by atoms with Gasteiger partial charge in [-0.2, -0.15) is 0 Å². The molecule has 1 aliphatic heterocycles. The Morgan fingerprint density at radius 3 is 2.23 bits per heavy atom. The second-order valence-electron chi connectivity index (χ2n) is 14.5. The van der Waals surface area contributed by atoms with Crippen LogP contribution in [-0.4, -0.2) is 71.3 Å². The van der Waals surface area contributed by atoms with Crippen molar-refractivity contribution in [3.63, 3.8) is 0 Å². The van der Waals surface area contributed by atoms with Crippen LogP contribution in [0.15, 0.2) is 36.9 Å². The maximum absolute atomic E-state index is 14.4. The number of ketones is 1. The van der Waals surface area contributed by atoms with Crippen LogP contribution in [0, 0.1) is 29.1 Å². The Kier molecular flexibility index (Phi) is 9.61. The third-order valence-electron chi connectivity index (χ3n) is 9.22. The molecule has 3 N–H and O–H groups in total. The van der Waals surface area contributed by atoms with Crippen molar-refractivity contribution in [2.75, 3.05) is 13.1 Å². The minimum absolute atomic E-state index is 0.0225. The molecule has 1 aromatic rings. The monoisotopic (exact) mass is 608 g/mol. The number of likely N-dealkylation sites (tertiary alicyclic amines) is 1. The molecule has 1 unspecified atom stereocenters. The van der Waals surface area contributed by atoms with E-state index in [1.807, 2.05) is 38.1 Å². The second kappa shape index (κ2) is 12.7. The van der Waals surface area contributed by atoms with Crippen molar-refractivity contribution in [1.82, 2.24) is 20.9 Å². The van der Waals surface area contributed by atoms with E-state index in [4.69, 9.17) is 4.74 Å². The number of piperidine rings is 1. The molecule has 4 rings (SSSR count). The summed E-state index contributed by atoms with van der Waals surface area (Å²) in [6, 6.07) is 5.20. The predicted molar refractivity (Wildman–Crippen MR) is 166 cm³/mol. The van der Waals surface area contributed by atoms with Crippen LogP contribution in [0.25, 0.3) is 0 Å². The largest absolute Gasteiger partial charge is 0.444 e. The van der Waals surface area contributed by atoms with Crippen molar-refractivity contribution in [3.05, 3.63) is 48.0 Å². The minimum Gasteiger partial charge on any atom is -0.444 e. The molecule has 2 aliphatic carbocycles. The lowest BCUT2D eigenvalue weighted by Crippen LogP contribution is -2.60. The fraction of sp³-hybridized carbons (Fsp3) is 0.618. The lowest BCUT2D eigenvalue weighted by Gasteiger charge is -2.35. The third-order valence-corrected chi connectivity index (χ3v) is 9.22. The number of hydrogen-bond donors (Lipinski definition) is 3. The van der Waals surface area contributed by atoms with Crippen LogP contribution in [0.4, 0.5) is 4.79 Å². The topological polar surface area (TPSA) is 134 Å². The summed E-state index contributed by atoms with van der Waals surface area (Å²) in [6.45, 7) is 17.3. The average molecular weight is 609 g/mol. The number of hydrogen-bond acceptors (Lipinski definition) is 6. The molecule has 1 saturated carbocycles. The van der Waals surface area contributed by atoms with Gasteiger partial charge in [0.2, 0.25) is 17.6 Å². The number of amides is 4. The van der Waals surface area contributed by atoms with Gasteiger partial charge < -0.3 is 25.6 Å². The normalized spacial score (nSPS) is 23.2. The van der Waals surface area contributed by atoms with Crippen LogP contribution in [0.1, 0.15) is 66.0 Å². The van der Waals surface area contributed by atoms with Crippen molar-refractivity contribution < 1.29 is 28.7 Å². The number of carbonyl (C=O) groups excluding carboxylic acids is 5.